The van der Waals surface area contributed by atoms with E-state index in [1.165, 1.54) is 119 Å². The van der Waals surface area contributed by atoms with Gasteiger partial charge in [-0.25, -0.2) is 0 Å². The van der Waals surface area contributed by atoms with Crippen molar-refractivity contribution in [1.29, 1.82) is 0 Å². The molecule has 292 valence electrons. The van der Waals surface area contributed by atoms with Crippen molar-refractivity contribution in [2.24, 2.45) is 0 Å². The van der Waals surface area contributed by atoms with E-state index >= 15 is 0 Å². The number of fused-ring (bicyclic) bond motifs is 7. The van der Waals surface area contributed by atoms with E-state index in [0.29, 0.717) is 5.92 Å². The SMILES string of the molecule is c1ccc(-c2c(N(c3ccc4c(c3)C(c3ccccc3)(c3ccccc3)c3cccc(C5CCCCC5)c3-4)c3cccc4sc5ccccc5c34)ccc3ccccc23)cc1. The number of hydrogen-bond donors (Lipinski definition) is 0. The van der Waals surface area contributed by atoms with Crippen molar-refractivity contribution >= 4 is 59.3 Å². The summed E-state index contributed by atoms with van der Waals surface area (Å²) in [5.74, 6) is 0.561. The van der Waals surface area contributed by atoms with Crippen LogP contribution in [-0.4, -0.2) is 0 Å². The smallest absolute Gasteiger partial charge is 0.0714 e. The molecule has 0 N–H and O–H groups in total. The van der Waals surface area contributed by atoms with Gasteiger partial charge in [-0.05, 0) is 110 Å². The Morgan fingerprint density at radius 2 is 1.11 bits per heavy atom. The Bertz CT molecular complexity index is 3190. The predicted molar refractivity (Wildman–Crippen MR) is 260 cm³/mol. The molecule has 61 heavy (non-hydrogen) atoms. The molecule has 1 heterocycles. The maximum atomic E-state index is 2.59. The topological polar surface area (TPSA) is 3.24 Å². The van der Waals surface area contributed by atoms with Gasteiger partial charge in [-0.3, -0.25) is 0 Å². The second-order valence-electron chi connectivity index (χ2n) is 16.9. The molecule has 9 aromatic carbocycles. The lowest BCUT2D eigenvalue weighted by atomic mass is 9.67. The molecule has 0 unspecified atom stereocenters. The monoisotopic (exact) mass is 799 g/mol. The summed E-state index contributed by atoms with van der Waals surface area (Å²) in [6.45, 7) is 0. The maximum absolute atomic E-state index is 2.59. The Balaban J connectivity index is 1.21. The zero-order chi connectivity index (χ0) is 40.3. The number of anilines is 3. The van der Waals surface area contributed by atoms with Crippen molar-refractivity contribution in [2.75, 3.05) is 4.90 Å². The number of hydrogen-bond acceptors (Lipinski definition) is 2. The Hall–Kier alpha value is -6.74. The van der Waals surface area contributed by atoms with E-state index in [1.54, 1.807) is 0 Å². The van der Waals surface area contributed by atoms with E-state index in [0.717, 1.165) is 11.4 Å². The summed E-state index contributed by atoms with van der Waals surface area (Å²) in [5, 5.41) is 5.05. The molecule has 12 rings (SSSR count). The van der Waals surface area contributed by atoms with Crippen LogP contribution in [0, 0.1) is 0 Å². The molecule has 10 aromatic rings. The Labute approximate surface area is 362 Å². The number of nitrogens with zero attached hydrogens (tertiary/aromatic N) is 1. The van der Waals surface area contributed by atoms with Crippen molar-refractivity contribution < 1.29 is 0 Å². The van der Waals surface area contributed by atoms with Gasteiger partial charge >= 0.3 is 0 Å². The van der Waals surface area contributed by atoms with E-state index in [9.17, 15) is 0 Å². The number of rotatable bonds is 7. The molecule has 1 aromatic heterocycles. The van der Waals surface area contributed by atoms with E-state index in [4.69, 9.17) is 0 Å². The summed E-state index contributed by atoms with van der Waals surface area (Å²) in [7, 11) is 0. The number of benzene rings is 9. The fraction of sp³-hybridized carbons (Fsp3) is 0.119. The molecule has 2 aliphatic carbocycles. The molecule has 0 spiro atoms. The van der Waals surface area contributed by atoms with E-state index in [2.05, 4.69) is 211 Å². The Morgan fingerprint density at radius 3 is 1.89 bits per heavy atom. The van der Waals surface area contributed by atoms with Crippen molar-refractivity contribution in [3.05, 3.63) is 234 Å². The van der Waals surface area contributed by atoms with Gasteiger partial charge in [0, 0.05) is 31.4 Å². The summed E-state index contributed by atoms with van der Waals surface area (Å²) in [4.78, 5) is 2.59. The molecule has 2 heteroatoms. The molecular weight excluding hydrogens is 755 g/mol. The van der Waals surface area contributed by atoms with Crippen LogP contribution in [0.5, 0.6) is 0 Å². The van der Waals surface area contributed by atoms with Crippen LogP contribution in [0.25, 0.3) is 53.2 Å². The summed E-state index contributed by atoms with van der Waals surface area (Å²) < 4.78 is 2.60. The summed E-state index contributed by atoms with van der Waals surface area (Å²) in [6, 6.07) is 77.7. The standard InChI is InChI=1S/C59H45NS/c1-5-19-40(20-6-1)47-30-17-31-50-57(47)48-37-36-45(39-51(48)59(50,43-24-9-3-10-25-43)44-26-11-4-12-27-44)60(52-32-18-34-55-58(52)49-29-15-16-33-54(49)61-55)53-38-35-41-21-13-14-28-46(41)56(53)42-22-7-2-8-23-42/h2-4,7-18,21-40H,1,5-6,19-20H2. The predicted octanol–water partition coefficient (Wildman–Crippen LogP) is 16.8. The number of thiophene rings is 1. The third-order valence-electron chi connectivity index (χ3n) is 13.7. The van der Waals surface area contributed by atoms with Crippen molar-refractivity contribution in [2.45, 2.75) is 43.4 Å². The van der Waals surface area contributed by atoms with Gasteiger partial charge in [-0.15, -0.1) is 11.3 Å². The van der Waals surface area contributed by atoms with Crippen LogP contribution >= 0.6 is 11.3 Å². The summed E-state index contributed by atoms with van der Waals surface area (Å²) >= 11 is 1.88. The van der Waals surface area contributed by atoms with Crippen molar-refractivity contribution in [1.82, 2.24) is 0 Å². The molecule has 0 saturated heterocycles. The zero-order valence-corrected chi connectivity index (χ0v) is 34.9. The van der Waals surface area contributed by atoms with Gasteiger partial charge in [0.05, 0.1) is 16.8 Å². The highest BCUT2D eigenvalue weighted by molar-refractivity contribution is 7.26. The minimum absolute atomic E-state index is 0.522. The lowest BCUT2D eigenvalue weighted by Gasteiger charge is -2.35. The van der Waals surface area contributed by atoms with Crippen LogP contribution in [0.4, 0.5) is 17.1 Å². The molecular formula is C59H45NS. The van der Waals surface area contributed by atoms with Gasteiger partial charge in [0.2, 0.25) is 0 Å². The molecule has 1 fully saturated rings. The highest BCUT2D eigenvalue weighted by atomic mass is 32.1. The Kier molecular flexibility index (Phi) is 8.75. The van der Waals surface area contributed by atoms with Gasteiger partial charge in [-0.1, -0.05) is 189 Å². The van der Waals surface area contributed by atoms with Crippen LogP contribution < -0.4 is 4.90 Å². The largest absolute Gasteiger partial charge is 0.309 e. The highest BCUT2D eigenvalue weighted by Crippen LogP contribution is 2.60. The zero-order valence-electron chi connectivity index (χ0n) is 34.1. The molecule has 1 saturated carbocycles. The van der Waals surface area contributed by atoms with E-state index < -0.39 is 5.41 Å². The van der Waals surface area contributed by atoms with E-state index in [1.807, 2.05) is 11.3 Å². The molecule has 0 amide bonds. The van der Waals surface area contributed by atoms with Crippen LogP contribution in [0.1, 0.15) is 65.8 Å². The molecule has 0 atom stereocenters. The van der Waals surface area contributed by atoms with E-state index in [-0.39, 0.29) is 0 Å². The summed E-state index contributed by atoms with van der Waals surface area (Å²) in [6.07, 6.45) is 6.45. The minimum Gasteiger partial charge on any atom is -0.309 e. The first kappa shape index (κ1) is 36.1. The fourth-order valence-corrected chi connectivity index (χ4v) is 12.3. The minimum atomic E-state index is -0.522. The Morgan fingerprint density at radius 1 is 0.459 bits per heavy atom. The third-order valence-corrected chi connectivity index (χ3v) is 14.9. The molecule has 0 aliphatic heterocycles. The lowest BCUT2D eigenvalue weighted by molar-refractivity contribution is 0.444. The summed E-state index contributed by atoms with van der Waals surface area (Å²) in [5.41, 5.74) is 15.1. The van der Waals surface area contributed by atoms with Crippen LogP contribution in [0.15, 0.2) is 206 Å². The van der Waals surface area contributed by atoms with Gasteiger partial charge in [0.1, 0.15) is 0 Å². The van der Waals surface area contributed by atoms with Gasteiger partial charge < -0.3 is 4.90 Å². The fourth-order valence-electron chi connectivity index (χ4n) is 11.2. The quantitative estimate of drug-likeness (QED) is 0.155. The van der Waals surface area contributed by atoms with Gasteiger partial charge in [-0.2, -0.15) is 0 Å². The third kappa shape index (κ3) is 5.66. The van der Waals surface area contributed by atoms with Crippen molar-refractivity contribution in [3.63, 3.8) is 0 Å². The maximum Gasteiger partial charge on any atom is 0.0714 e. The first-order valence-corrected chi connectivity index (χ1v) is 22.8. The first-order chi connectivity index (χ1) is 30.3. The molecule has 2 aliphatic rings. The average Bonchev–Trinajstić information content (AvgIpc) is 3.87. The second-order valence-corrected chi connectivity index (χ2v) is 18.0. The van der Waals surface area contributed by atoms with Crippen LogP contribution in [0.2, 0.25) is 0 Å². The van der Waals surface area contributed by atoms with Crippen molar-refractivity contribution in [3.8, 4) is 22.3 Å². The normalized spacial score (nSPS) is 14.6. The molecule has 1 nitrogen and oxygen atoms in total. The van der Waals surface area contributed by atoms with Gasteiger partial charge in [0.15, 0.2) is 0 Å². The second kappa shape index (κ2) is 14.8. The lowest BCUT2D eigenvalue weighted by Crippen LogP contribution is -2.29. The average molecular weight is 800 g/mol. The molecule has 0 radical (unpaired) electrons. The first-order valence-electron chi connectivity index (χ1n) is 22.0. The molecule has 0 bridgehead atoms. The van der Waals surface area contributed by atoms with Gasteiger partial charge in [0.25, 0.3) is 0 Å². The highest BCUT2D eigenvalue weighted by Gasteiger charge is 2.47. The van der Waals surface area contributed by atoms with Crippen LogP contribution in [0.3, 0.4) is 0 Å². The van der Waals surface area contributed by atoms with Crippen LogP contribution in [-0.2, 0) is 5.41 Å².